The van der Waals surface area contributed by atoms with Gasteiger partial charge in [-0.1, -0.05) is 12.1 Å². The standard InChI is InChI=1S/C18H12N2O4S/c19-7-9-23-13-5-3-12(4-6-13)10-16-18(22)20-17(25-16)11-14(21)15-2-1-8-24-15/h1-6,8,10-11H,9H2,(H,20,22)/b16-10+,17-11+. The Morgan fingerprint density at radius 3 is 2.80 bits per heavy atom. The van der Waals surface area contributed by atoms with Crippen molar-refractivity contribution in [2.24, 2.45) is 0 Å². The number of ether oxygens (including phenoxy) is 1. The van der Waals surface area contributed by atoms with Crippen molar-refractivity contribution in [2.45, 2.75) is 0 Å². The summed E-state index contributed by atoms with van der Waals surface area (Å²) >= 11 is 1.18. The van der Waals surface area contributed by atoms with Crippen LogP contribution in [0.3, 0.4) is 0 Å². The fourth-order valence-electron chi connectivity index (χ4n) is 2.06. The van der Waals surface area contributed by atoms with Crippen LogP contribution in [0.5, 0.6) is 5.75 Å². The van der Waals surface area contributed by atoms with Gasteiger partial charge in [0.25, 0.3) is 5.56 Å². The molecule has 3 rings (SSSR count). The summed E-state index contributed by atoms with van der Waals surface area (Å²) in [6.07, 6.45) is 4.47. The third-order valence-electron chi connectivity index (χ3n) is 3.19. The number of nitriles is 1. The molecule has 3 aromatic rings. The number of ketones is 1. The quantitative estimate of drug-likeness (QED) is 0.701. The van der Waals surface area contributed by atoms with Crippen molar-refractivity contribution in [2.75, 3.05) is 6.61 Å². The second-order valence-electron chi connectivity index (χ2n) is 4.93. The third-order valence-corrected chi connectivity index (χ3v) is 4.15. The van der Waals surface area contributed by atoms with Gasteiger partial charge in [-0.3, -0.25) is 9.59 Å². The summed E-state index contributed by atoms with van der Waals surface area (Å²) in [4.78, 5) is 26.6. The maximum absolute atomic E-state index is 12.0. The average molecular weight is 352 g/mol. The predicted octanol–water partition coefficient (Wildman–Crippen LogP) is 1.42. The molecule has 0 fully saturated rings. The lowest BCUT2D eigenvalue weighted by molar-refractivity contribution is 0.103. The molecule has 0 amide bonds. The van der Waals surface area contributed by atoms with Gasteiger partial charge in [-0.25, -0.2) is 0 Å². The number of carbonyl (C=O) groups excluding carboxylic acids is 1. The lowest BCUT2D eigenvalue weighted by atomic mass is 10.2. The molecule has 0 aliphatic carbocycles. The van der Waals surface area contributed by atoms with Gasteiger partial charge >= 0.3 is 0 Å². The first kappa shape index (κ1) is 16.5. The van der Waals surface area contributed by atoms with Gasteiger partial charge in [0, 0.05) is 6.08 Å². The Morgan fingerprint density at radius 1 is 1.32 bits per heavy atom. The number of hydrogen-bond donors (Lipinski definition) is 1. The summed E-state index contributed by atoms with van der Waals surface area (Å²) in [6, 6.07) is 12.1. The lowest BCUT2D eigenvalue weighted by Gasteiger charge is -2.00. The smallest absolute Gasteiger partial charge is 0.266 e. The molecule has 0 radical (unpaired) electrons. The summed E-state index contributed by atoms with van der Waals surface area (Å²) in [5.74, 6) is 0.484. The maximum atomic E-state index is 12.0. The second-order valence-corrected chi connectivity index (χ2v) is 6.01. The van der Waals surface area contributed by atoms with E-state index < -0.39 is 0 Å². The highest BCUT2D eigenvalue weighted by Crippen LogP contribution is 2.12. The van der Waals surface area contributed by atoms with Gasteiger partial charge < -0.3 is 14.1 Å². The van der Waals surface area contributed by atoms with Crippen molar-refractivity contribution >= 4 is 29.3 Å². The first-order chi connectivity index (χ1) is 12.2. The lowest BCUT2D eigenvalue weighted by Crippen LogP contribution is -2.19. The van der Waals surface area contributed by atoms with Crippen molar-refractivity contribution in [1.82, 2.24) is 4.98 Å². The molecule has 1 aromatic carbocycles. The normalized spacial score (nSPS) is 12.1. The minimum atomic E-state index is -0.312. The largest absolute Gasteiger partial charge is 0.479 e. The summed E-state index contributed by atoms with van der Waals surface area (Å²) in [5, 5.41) is 8.48. The molecular formula is C18H12N2O4S. The molecule has 1 N–H and O–H groups in total. The highest BCUT2D eigenvalue weighted by atomic mass is 32.1. The third kappa shape index (κ3) is 4.13. The highest BCUT2D eigenvalue weighted by Gasteiger charge is 2.05. The Labute approximate surface area is 145 Å². The first-order valence-corrected chi connectivity index (χ1v) is 8.07. The SMILES string of the molecule is N#CCOc1ccc(/C=c2/s/c(=C/C(=O)c3ccco3)[nH]c2=O)cc1. The summed E-state index contributed by atoms with van der Waals surface area (Å²) in [6.45, 7) is -0.0173. The van der Waals surface area contributed by atoms with E-state index in [1.165, 1.54) is 23.7 Å². The van der Waals surface area contributed by atoms with Crippen LogP contribution < -0.4 is 19.5 Å². The number of aromatic amines is 1. The number of Topliss-reactive ketones (excluding diaryl/α,β-unsaturated/α-hetero) is 1. The van der Waals surface area contributed by atoms with Crippen molar-refractivity contribution < 1.29 is 13.9 Å². The average Bonchev–Trinajstić information content (AvgIpc) is 3.25. The molecule has 25 heavy (non-hydrogen) atoms. The molecule has 0 saturated carbocycles. The van der Waals surface area contributed by atoms with Crippen molar-refractivity contribution in [3.8, 4) is 11.8 Å². The van der Waals surface area contributed by atoms with Gasteiger partial charge in [0.05, 0.1) is 15.5 Å². The molecule has 0 atom stereocenters. The van der Waals surface area contributed by atoms with E-state index in [1.807, 2.05) is 6.07 Å². The molecule has 0 saturated heterocycles. The molecule has 0 aliphatic rings. The van der Waals surface area contributed by atoms with E-state index in [1.54, 1.807) is 42.5 Å². The minimum absolute atomic E-state index is 0.0173. The van der Waals surface area contributed by atoms with Crippen LogP contribution >= 0.6 is 11.3 Å². The minimum Gasteiger partial charge on any atom is -0.479 e. The monoisotopic (exact) mass is 352 g/mol. The van der Waals surface area contributed by atoms with Crippen LogP contribution in [0.25, 0.3) is 12.2 Å². The number of benzene rings is 1. The molecule has 0 unspecified atom stereocenters. The Hall–Kier alpha value is -3.37. The molecule has 0 aliphatic heterocycles. The zero-order valence-corrected chi connectivity index (χ0v) is 13.7. The Bertz CT molecular complexity index is 1080. The predicted molar refractivity (Wildman–Crippen MR) is 92.8 cm³/mol. The van der Waals surface area contributed by atoms with E-state index >= 15 is 0 Å². The molecule has 124 valence electrons. The number of aromatic nitrogens is 1. The fourth-order valence-corrected chi connectivity index (χ4v) is 2.95. The van der Waals surface area contributed by atoms with Crippen LogP contribution in [0.4, 0.5) is 0 Å². The topological polar surface area (TPSA) is 96.1 Å². The zero-order chi connectivity index (χ0) is 17.6. The van der Waals surface area contributed by atoms with E-state index in [-0.39, 0.29) is 23.7 Å². The Morgan fingerprint density at radius 2 is 2.12 bits per heavy atom. The van der Waals surface area contributed by atoms with E-state index in [0.29, 0.717) is 14.9 Å². The summed E-state index contributed by atoms with van der Waals surface area (Å²) in [7, 11) is 0. The van der Waals surface area contributed by atoms with Crippen molar-refractivity contribution in [3.63, 3.8) is 0 Å². The van der Waals surface area contributed by atoms with E-state index in [4.69, 9.17) is 14.4 Å². The number of H-pyrrole nitrogens is 1. The van der Waals surface area contributed by atoms with Crippen LogP contribution in [0.2, 0.25) is 0 Å². The number of nitrogens with zero attached hydrogens (tertiary/aromatic N) is 1. The first-order valence-electron chi connectivity index (χ1n) is 7.26. The van der Waals surface area contributed by atoms with Gasteiger partial charge in [0.1, 0.15) is 11.8 Å². The number of hydrogen-bond acceptors (Lipinski definition) is 6. The molecule has 6 nitrogen and oxygen atoms in total. The van der Waals surface area contributed by atoms with E-state index in [0.717, 1.165) is 5.56 Å². The van der Waals surface area contributed by atoms with Crippen LogP contribution in [0.15, 0.2) is 51.9 Å². The fraction of sp³-hybridized carbons (Fsp3) is 0.0556. The van der Waals surface area contributed by atoms with Crippen molar-refractivity contribution in [1.29, 1.82) is 5.26 Å². The molecule has 7 heteroatoms. The molecule has 0 bridgehead atoms. The molecule has 0 spiro atoms. The van der Waals surface area contributed by atoms with Crippen molar-refractivity contribution in [3.05, 3.63) is 73.5 Å². The van der Waals surface area contributed by atoms with Gasteiger partial charge in [-0.15, -0.1) is 11.3 Å². The molecular weight excluding hydrogens is 340 g/mol. The van der Waals surface area contributed by atoms with Crippen LogP contribution in [0, 0.1) is 11.3 Å². The van der Waals surface area contributed by atoms with Gasteiger partial charge in [0.2, 0.25) is 5.78 Å². The highest BCUT2D eigenvalue weighted by molar-refractivity contribution is 7.07. The van der Waals surface area contributed by atoms with E-state index in [2.05, 4.69) is 4.98 Å². The second kappa shape index (κ2) is 7.47. The van der Waals surface area contributed by atoms with Crippen LogP contribution in [-0.4, -0.2) is 17.4 Å². The molecule has 2 aromatic heterocycles. The summed E-state index contributed by atoms with van der Waals surface area (Å²) in [5.41, 5.74) is 0.536. The van der Waals surface area contributed by atoms with Crippen LogP contribution in [0.1, 0.15) is 16.1 Å². The number of rotatable bonds is 5. The summed E-state index contributed by atoms with van der Waals surface area (Å²) < 4.78 is 11.1. The Kier molecular flexibility index (Phi) is 4.92. The number of furan rings is 1. The Balaban J connectivity index is 1.87. The number of nitrogens with one attached hydrogen (secondary N) is 1. The zero-order valence-electron chi connectivity index (χ0n) is 12.9. The maximum Gasteiger partial charge on any atom is 0.266 e. The molecule has 2 heterocycles. The van der Waals surface area contributed by atoms with Gasteiger partial charge in [-0.05, 0) is 35.9 Å². The number of carbonyl (C=O) groups is 1. The van der Waals surface area contributed by atoms with Crippen LogP contribution in [-0.2, 0) is 0 Å². The van der Waals surface area contributed by atoms with E-state index in [9.17, 15) is 9.59 Å². The van der Waals surface area contributed by atoms with Gasteiger partial charge in [-0.2, -0.15) is 5.26 Å². The van der Waals surface area contributed by atoms with Gasteiger partial charge in [0.15, 0.2) is 12.4 Å². The number of thiazole rings is 1.